The minimum Gasteiger partial charge on any atom is -0.267 e. The summed E-state index contributed by atoms with van der Waals surface area (Å²) >= 11 is 0. The van der Waals surface area contributed by atoms with Crippen molar-refractivity contribution in [3.05, 3.63) is 30.1 Å². The Morgan fingerprint density at radius 3 is 2.67 bits per heavy atom. The standard InChI is InChI=1S/C27H39N3/c1-18-9-11-26(3)21(13-18)5-6-22-24-8-7-23(27(24,4)12-10-25(22)26)19(2)16-30-17-20(14-28)15-29-30/h15,17-18,21-25H,2,5-13,16H2,1,3-4H3. The van der Waals surface area contributed by atoms with Gasteiger partial charge in [0.2, 0.25) is 0 Å². The van der Waals surface area contributed by atoms with Gasteiger partial charge in [-0.15, -0.1) is 0 Å². The largest absolute Gasteiger partial charge is 0.267 e. The normalized spacial score (nSPS) is 45.1. The molecule has 1 aromatic rings. The molecule has 5 rings (SSSR count). The maximum absolute atomic E-state index is 9.09. The second-order valence-electron chi connectivity index (χ2n) is 11.9. The van der Waals surface area contributed by atoms with Crippen LogP contribution in [0.4, 0.5) is 0 Å². The van der Waals surface area contributed by atoms with Crippen molar-refractivity contribution in [2.45, 2.75) is 85.1 Å². The van der Waals surface area contributed by atoms with E-state index in [1.807, 2.05) is 10.9 Å². The van der Waals surface area contributed by atoms with E-state index in [1.54, 1.807) is 6.20 Å². The van der Waals surface area contributed by atoms with Gasteiger partial charge in [-0.25, -0.2) is 0 Å². The van der Waals surface area contributed by atoms with Crippen molar-refractivity contribution >= 4 is 0 Å². The predicted molar refractivity (Wildman–Crippen MR) is 120 cm³/mol. The van der Waals surface area contributed by atoms with E-state index in [1.165, 1.54) is 63.4 Å². The van der Waals surface area contributed by atoms with Crippen LogP contribution in [-0.4, -0.2) is 9.78 Å². The third kappa shape index (κ3) is 3.01. The minimum absolute atomic E-state index is 0.411. The van der Waals surface area contributed by atoms with Crippen molar-refractivity contribution < 1.29 is 0 Å². The Morgan fingerprint density at radius 1 is 1.13 bits per heavy atom. The summed E-state index contributed by atoms with van der Waals surface area (Å²) in [6.45, 7) is 13.1. The molecule has 0 saturated heterocycles. The van der Waals surface area contributed by atoms with Crippen LogP contribution in [0.2, 0.25) is 0 Å². The Morgan fingerprint density at radius 2 is 1.90 bits per heavy atom. The number of hydrogen-bond acceptors (Lipinski definition) is 2. The lowest BCUT2D eigenvalue weighted by atomic mass is 9.44. The Kier molecular flexibility index (Phi) is 4.92. The highest BCUT2D eigenvalue weighted by Crippen LogP contribution is 2.68. The molecule has 0 radical (unpaired) electrons. The summed E-state index contributed by atoms with van der Waals surface area (Å²) in [4.78, 5) is 0. The Labute approximate surface area is 182 Å². The van der Waals surface area contributed by atoms with Crippen molar-refractivity contribution in [2.24, 2.45) is 46.3 Å². The lowest BCUT2D eigenvalue weighted by Crippen LogP contribution is -2.53. The van der Waals surface area contributed by atoms with Gasteiger partial charge in [0.1, 0.15) is 6.07 Å². The first kappa shape index (κ1) is 20.3. The molecule has 162 valence electrons. The molecule has 0 N–H and O–H groups in total. The molecule has 4 fully saturated rings. The van der Waals surface area contributed by atoms with Crippen LogP contribution in [0.1, 0.15) is 84.1 Å². The van der Waals surface area contributed by atoms with Gasteiger partial charge in [0.05, 0.1) is 18.3 Å². The fourth-order valence-electron chi connectivity index (χ4n) is 8.97. The van der Waals surface area contributed by atoms with Gasteiger partial charge in [-0.3, -0.25) is 4.68 Å². The summed E-state index contributed by atoms with van der Waals surface area (Å²) < 4.78 is 1.92. The highest BCUT2D eigenvalue weighted by atomic mass is 15.3. The molecule has 1 aromatic heterocycles. The van der Waals surface area contributed by atoms with Crippen LogP contribution in [0.25, 0.3) is 0 Å². The lowest BCUT2D eigenvalue weighted by molar-refractivity contribution is -0.115. The van der Waals surface area contributed by atoms with Crippen LogP contribution in [0.3, 0.4) is 0 Å². The minimum atomic E-state index is 0.411. The van der Waals surface area contributed by atoms with E-state index in [-0.39, 0.29) is 0 Å². The fraction of sp³-hybridized carbons (Fsp3) is 0.778. The van der Waals surface area contributed by atoms with Gasteiger partial charge < -0.3 is 0 Å². The highest BCUT2D eigenvalue weighted by Gasteiger charge is 2.60. The van der Waals surface area contributed by atoms with Crippen molar-refractivity contribution in [3.8, 4) is 6.07 Å². The maximum Gasteiger partial charge on any atom is 0.102 e. The van der Waals surface area contributed by atoms with Crippen molar-refractivity contribution in [1.82, 2.24) is 9.78 Å². The maximum atomic E-state index is 9.09. The third-order valence-corrected chi connectivity index (χ3v) is 10.5. The van der Waals surface area contributed by atoms with Gasteiger partial charge in [0.25, 0.3) is 0 Å². The number of nitriles is 1. The summed E-state index contributed by atoms with van der Waals surface area (Å²) in [7, 11) is 0. The summed E-state index contributed by atoms with van der Waals surface area (Å²) in [6, 6.07) is 2.19. The molecule has 4 saturated carbocycles. The van der Waals surface area contributed by atoms with Crippen molar-refractivity contribution in [3.63, 3.8) is 0 Å². The first-order valence-corrected chi connectivity index (χ1v) is 12.5. The number of nitrogens with zero attached hydrogens (tertiary/aromatic N) is 3. The molecule has 3 nitrogen and oxygen atoms in total. The molecule has 4 aliphatic rings. The molecule has 4 aliphatic carbocycles. The SMILES string of the molecule is C=C(Cn1cc(C#N)cn1)C1CCC2C3CCC4CC(C)CCC4(C)C3CCC12C. The van der Waals surface area contributed by atoms with E-state index < -0.39 is 0 Å². The zero-order valence-electron chi connectivity index (χ0n) is 19.2. The number of fused-ring (bicyclic) bond motifs is 5. The van der Waals surface area contributed by atoms with E-state index >= 15 is 0 Å². The van der Waals surface area contributed by atoms with Gasteiger partial charge in [-0.2, -0.15) is 10.4 Å². The van der Waals surface area contributed by atoms with Crippen LogP contribution in [0.5, 0.6) is 0 Å². The number of rotatable bonds is 3. The first-order chi connectivity index (χ1) is 14.3. The predicted octanol–water partition coefficient (Wildman–Crippen LogP) is 6.61. The molecule has 8 unspecified atom stereocenters. The monoisotopic (exact) mass is 405 g/mol. The molecule has 3 heteroatoms. The van der Waals surface area contributed by atoms with Crippen LogP contribution in [0, 0.1) is 57.7 Å². The fourth-order valence-corrected chi connectivity index (χ4v) is 8.97. The highest BCUT2D eigenvalue weighted by molar-refractivity contribution is 5.23. The second kappa shape index (κ2) is 7.25. The summed E-state index contributed by atoms with van der Waals surface area (Å²) in [5.74, 6) is 5.30. The molecule has 0 amide bonds. The zero-order valence-corrected chi connectivity index (χ0v) is 19.2. The van der Waals surface area contributed by atoms with Crippen LogP contribution in [0.15, 0.2) is 24.5 Å². The van der Waals surface area contributed by atoms with E-state index in [0.29, 0.717) is 22.3 Å². The molecule has 0 aromatic carbocycles. The van der Waals surface area contributed by atoms with E-state index in [9.17, 15) is 0 Å². The average molecular weight is 406 g/mol. The average Bonchev–Trinajstić information content (AvgIpc) is 3.32. The van der Waals surface area contributed by atoms with Crippen LogP contribution in [-0.2, 0) is 6.54 Å². The summed E-state index contributed by atoms with van der Waals surface area (Å²) in [6.07, 6.45) is 16.4. The quantitative estimate of drug-likeness (QED) is 0.531. The van der Waals surface area contributed by atoms with E-state index in [4.69, 9.17) is 5.26 Å². The number of aromatic nitrogens is 2. The van der Waals surface area contributed by atoms with Gasteiger partial charge >= 0.3 is 0 Å². The van der Waals surface area contributed by atoms with Gasteiger partial charge in [-0.05, 0) is 97.7 Å². The Bertz CT molecular complexity index is 862. The second-order valence-corrected chi connectivity index (χ2v) is 11.9. The molecule has 0 aliphatic heterocycles. The molecule has 0 bridgehead atoms. The van der Waals surface area contributed by atoms with E-state index in [2.05, 4.69) is 38.5 Å². The summed E-state index contributed by atoms with van der Waals surface area (Å²) in [5, 5.41) is 13.5. The zero-order chi connectivity index (χ0) is 21.1. The Hall–Kier alpha value is -1.56. The molecule has 8 atom stereocenters. The topological polar surface area (TPSA) is 41.6 Å². The van der Waals surface area contributed by atoms with E-state index in [0.717, 1.165) is 36.1 Å². The lowest BCUT2D eigenvalue weighted by Gasteiger charge is -2.61. The number of hydrogen-bond donors (Lipinski definition) is 0. The first-order valence-electron chi connectivity index (χ1n) is 12.5. The summed E-state index contributed by atoms with van der Waals surface area (Å²) in [5.41, 5.74) is 2.99. The molecule has 1 heterocycles. The van der Waals surface area contributed by atoms with Crippen molar-refractivity contribution in [1.29, 1.82) is 5.26 Å². The van der Waals surface area contributed by atoms with Gasteiger partial charge in [-0.1, -0.05) is 39.3 Å². The third-order valence-electron chi connectivity index (χ3n) is 10.5. The Balaban J connectivity index is 1.34. The molecular weight excluding hydrogens is 366 g/mol. The van der Waals surface area contributed by atoms with Crippen LogP contribution >= 0.6 is 0 Å². The van der Waals surface area contributed by atoms with Crippen LogP contribution < -0.4 is 0 Å². The molecular formula is C27H39N3. The molecule has 0 spiro atoms. The molecule has 30 heavy (non-hydrogen) atoms. The van der Waals surface area contributed by atoms with Gasteiger partial charge in [0, 0.05) is 6.20 Å². The number of allylic oxidation sites excluding steroid dienone is 1. The smallest absolute Gasteiger partial charge is 0.102 e. The van der Waals surface area contributed by atoms with Crippen molar-refractivity contribution in [2.75, 3.05) is 0 Å². The van der Waals surface area contributed by atoms with Gasteiger partial charge in [0.15, 0.2) is 0 Å².